The van der Waals surface area contributed by atoms with Crippen molar-refractivity contribution in [1.29, 1.82) is 0 Å². The molecule has 0 unspecified atom stereocenters. The van der Waals surface area contributed by atoms with Gasteiger partial charge in [0.1, 0.15) is 5.75 Å². The minimum absolute atomic E-state index is 0.0343. The van der Waals surface area contributed by atoms with Crippen LogP contribution in [-0.4, -0.2) is 51.1 Å². The first-order valence-corrected chi connectivity index (χ1v) is 7.81. The number of anilines is 1. The monoisotopic (exact) mass is 335 g/mol. The van der Waals surface area contributed by atoms with E-state index in [9.17, 15) is 14.4 Å². The maximum absolute atomic E-state index is 12.3. The van der Waals surface area contributed by atoms with Crippen LogP contribution in [0.5, 0.6) is 5.75 Å². The number of methoxy groups -OCH3 is 1. The molecule has 1 aliphatic rings. The van der Waals surface area contributed by atoms with Crippen LogP contribution < -0.4 is 9.64 Å². The van der Waals surface area contributed by atoms with Crippen LogP contribution in [-0.2, 0) is 19.1 Å². The fourth-order valence-corrected chi connectivity index (χ4v) is 2.40. The maximum Gasteiger partial charge on any atom is 0.306 e. The molecule has 1 aromatic carbocycles. The third-order valence-electron chi connectivity index (χ3n) is 3.60. The minimum atomic E-state index is -0.399. The van der Waals surface area contributed by atoms with Gasteiger partial charge in [-0.3, -0.25) is 14.4 Å². The second-order valence-corrected chi connectivity index (χ2v) is 5.24. The van der Waals surface area contributed by atoms with Gasteiger partial charge in [0.2, 0.25) is 0 Å². The van der Waals surface area contributed by atoms with Crippen molar-refractivity contribution in [3.05, 3.63) is 23.8 Å². The number of ketones is 1. The lowest BCUT2D eigenvalue weighted by molar-refractivity contribution is -0.143. The van der Waals surface area contributed by atoms with Crippen LogP contribution in [0, 0.1) is 0 Å². The van der Waals surface area contributed by atoms with Gasteiger partial charge in [-0.25, -0.2) is 0 Å². The Morgan fingerprint density at radius 2 is 2.08 bits per heavy atom. The normalized spacial score (nSPS) is 13.2. The molecule has 0 aliphatic carbocycles. The molecule has 2 rings (SSSR count). The lowest BCUT2D eigenvalue weighted by Crippen LogP contribution is -2.40. The molecule has 0 radical (unpaired) electrons. The van der Waals surface area contributed by atoms with E-state index < -0.39 is 5.97 Å². The second-order valence-electron chi connectivity index (χ2n) is 5.24. The summed E-state index contributed by atoms with van der Waals surface area (Å²) in [6.45, 7) is 2.74. The molecule has 0 saturated carbocycles. The molecule has 1 amide bonds. The first kappa shape index (κ1) is 17.9. The standard InChI is InChI=1S/C17H21NO6/c1-3-23-17(21)7-5-14(19)12-4-6-15-13(10-12)18(8-9-22-2)16(20)11-24-15/h4,6,10H,3,5,7-9,11H2,1-2H3. The van der Waals surface area contributed by atoms with E-state index in [0.29, 0.717) is 36.8 Å². The van der Waals surface area contributed by atoms with Gasteiger partial charge in [-0.15, -0.1) is 0 Å². The summed E-state index contributed by atoms with van der Waals surface area (Å²) in [7, 11) is 1.56. The predicted octanol–water partition coefficient (Wildman–Crippen LogP) is 1.58. The molecule has 130 valence electrons. The number of carbonyl (C=O) groups is 3. The maximum atomic E-state index is 12.3. The Labute approximate surface area is 140 Å². The van der Waals surface area contributed by atoms with E-state index in [1.54, 1.807) is 37.1 Å². The zero-order valence-electron chi connectivity index (χ0n) is 13.9. The number of rotatable bonds is 8. The molecule has 0 bridgehead atoms. The molecule has 7 heteroatoms. The lowest BCUT2D eigenvalue weighted by atomic mass is 10.0. The molecule has 7 nitrogen and oxygen atoms in total. The van der Waals surface area contributed by atoms with Crippen molar-refractivity contribution in [2.45, 2.75) is 19.8 Å². The fraction of sp³-hybridized carbons (Fsp3) is 0.471. The van der Waals surface area contributed by atoms with E-state index in [-0.39, 0.29) is 31.1 Å². The molecular weight excluding hydrogens is 314 g/mol. The average molecular weight is 335 g/mol. The Morgan fingerprint density at radius 1 is 1.29 bits per heavy atom. The van der Waals surface area contributed by atoms with Crippen LogP contribution in [0.4, 0.5) is 5.69 Å². The number of amides is 1. The summed E-state index contributed by atoms with van der Waals surface area (Å²) in [6.07, 6.45) is 0.0943. The lowest BCUT2D eigenvalue weighted by Gasteiger charge is -2.29. The predicted molar refractivity (Wildman–Crippen MR) is 86.4 cm³/mol. The number of carbonyl (C=O) groups excluding carboxylic acids is 3. The quantitative estimate of drug-likeness (QED) is 0.530. The molecule has 0 N–H and O–H groups in total. The Hall–Kier alpha value is -2.41. The molecule has 0 spiro atoms. The first-order valence-electron chi connectivity index (χ1n) is 7.81. The van der Waals surface area contributed by atoms with Crippen molar-refractivity contribution in [3.63, 3.8) is 0 Å². The van der Waals surface area contributed by atoms with Crippen LogP contribution in [0.25, 0.3) is 0 Å². The van der Waals surface area contributed by atoms with E-state index in [0.717, 1.165) is 0 Å². The van der Waals surface area contributed by atoms with Gasteiger partial charge in [0.25, 0.3) is 5.91 Å². The highest BCUT2D eigenvalue weighted by atomic mass is 16.5. The van der Waals surface area contributed by atoms with Gasteiger partial charge in [0.15, 0.2) is 12.4 Å². The second kappa shape index (κ2) is 8.44. The Bertz CT molecular complexity index is 628. The fourth-order valence-electron chi connectivity index (χ4n) is 2.40. The number of hydrogen-bond donors (Lipinski definition) is 0. The van der Waals surface area contributed by atoms with Crippen molar-refractivity contribution in [3.8, 4) is 5.75 Å². The SMILES string of the molecule is CCOC(=O)CCC(=O)c1ccc2c(c1)N(CCOC)C(=O)CO2. The van der Waals surface area contributed by atoms with Gasteiger partial charge in [0, 0.05) is 25.6 Å². The van der Waals surface area contributed by atoms with Crippen molar-refractivity contribution in [2.24, 2.45) is 0 Å². The highest BCUT2D eigenvalue weighted by molar-refractivity contribution is 6.02. The summed E-state index contributed by atoms with van der Waals surface area (Å²) in [4.78, 5) is 37.2. The molecule has 0 saturated heterocycles. The van der Waals surface area contributed by atoms with E-state index in [4.69, 9.17) is 14.2 Å². The van der Waals surface area contributed by atoms with Crippen molar-refractivity contribution >= 4 is 23.3 Å². The third-order valence-corrected chi connectivity index (χ3v) is 3.60. The van der Waals surface area contributed by atoms with Gasteiger partial charge in [-0.05, 0) is 25.1 Å². The number of ether oxygens (including phenoxy) is 3. The molecular formula is C17H21NO6. The number of benzene rings is 1. The molecule has 1 aromatic rings. The van der Waals surface area contributed by atoms with Crippen LogP contribution in [0.2, 0.25) is 0 Å². The third kappa shape index (κ3) is 4.32. The Balaban J connectivity index is 2.13. The number of fused-ring (bicyclic) bond motifs is 1. The van der Waals surface area contributed by atoms with Crippen LogP contribution in [0.1, 0.15) is 30.1 Å². The molecule has 1 aliphatic heterocycles. The summed E-state index contributed by atoms with van der Waals surface area (Å²) in [5.74, 6) is -0.220. The summed E-state index contributed by atoms with van der Waals surface area (Å²) in [6, 6.07) is 4.92. The zero-order chi connectivity index (χ0) is 17.5. The highest BCUT2D eigenvalue weighted by Gasteiger charge is 2.26. The van der Waals surface area contributed by atoms with E-state index in [2.05, 4.69) is 0 Å². The Kier molecular flexibility index (Phi) is 6.31. The molecule has 0 atom stereocenters. The van der Waals surface area contributed by atoms with Gasteiger partial charge < -0.3 is 19.1 Å². The van der Waals surface area contributed by atoms with E-state index in [1.807, 2.05) is 0 Å². The van der Waals surface area contributed by atoms with Gasteiger partial charge in [-0.2, -0.15) is 0 Å². The van der Waals surface area contributed by atoms with Crippen LogP contribution in [0.3, 0.4) is 0 Å². The van der Waals surface area contributed by atoms with Crippen molar-refractivity contribution in [2.75, 3.05) is 38.4 Å². The summed E-state index contributed by atoms with van der Waals surface area (Å²) >= 11 is 0. The molecule has 24 heavy (non-hydrogen) atoms. The van der Waals surface area contributed by atoms with Crippen molar-refractivity contribution in [1.82, 2.24) is 0 Å². The number of hydrogen-bond acceptors (Lipinski definition) is 6. The minimum Gasteiger partial charge on any atom is -0.482 e. The first-order chi connectivity index (χ1) is 11.6. The van der Waals surface area contributed by atoms with Gasteiger partial charge in [-0.1, -0.05) is 0 Å². The topological polar surface area (TPSA) is 82.1 Å². The van der Waals surface area contributed by atoms with Gasteiger partial charge in [0.05, 0.1) is 25.3 Å². The average Bonchev–Trinajstić information content (AvgIpc) is 2.58. The zero-order valence-corrected chi connectivity index (χ0v) is 13.9. The smallest absolute Gasteiger partial charge is 0.306 e. The van der Waals surface area contributed by atoms with Crippen LogP contribution >= 0.6 is 0 Å². The number of esters is 1. The number of nitrogens with zero attached hydrogens (tertiary/aromatic N) is 1. The molecule has 0 fully saturated rings. The van der Waals surface area contributed by atoms with Crippen LogP contribution in [0.15, 0.2) is 18.2 Å². The summed E-state index contributed by atoms with van der Waals surface area (Å²) < 4.78 is 15.2. The van der Waals surface area contributed by atoms with E-state index >= 15 is 0 Å². The molecule has 0 aromatic heterocycles. The summed E-state index contributed by atoms with van der Waals surface area (Å²) in [5, 5.41) is 0. The van der Waals surface area contributed by atoms with Gasteiger partial charge >= 0.3 is 5.97 Å². The van der Waals surface area contributed by atoms with E-state index in [1.165, 1.54) is 0 Å². The number of Topliss-reactive ketones (excluding diaryl/α,β-unsaturated/α-hetero) is 1. The van der Waals surface area contributed by atoms with Crippen molar-refractivity contribution < 1.29 is 28.6 Å². The molecule has 1 heterocycles. The highest BCUT2D eigenvalue weighted by Crippen LogP contribution is 2.33. The Morgan fingerprint density at radius 3 is 2.79 bits per heavy atom. The largest absolute Gasteiger partial charge is 0.482 e. The summed E-state index contributed by atoms with van der Waals surface area (Å²) in [5.41, 5.74) is 0.976.